The summed E-state index contributed by atoms with van der Waals surface area (Å²) in [4.78, 5) is 14.9. The number of morpholine rings is 1. The smallest absolute Gasteiger partial charge is 0.257 e. The van der Waals surface area contributed by atoms with Gasteiger partial charge in [0.2, 0.25) is 0 Å². The number of carbonyl (C=O) groups excluding carboxylic acids is 1. The van der Waals surface area contributed by atoms with Gasteiger partial charge < -0.3 is 19.7 Å². The summed E-state index contributed by atoms with van der Waals surface area (Å²) in [6, 6.07) is 12.7. The summed E-state index contributed by atoms with van der Waals surface area (Å²) in [6.07, 6.45) is 0. The van der Waals surface area contributed by atoms with Crippen molar-refractivity contribution in [2.24, 2.45) is 0 Å². The van der Waals surface area contributed by atoms with E-state index in [0.717, 1.165) is 18.8 Å². The van der Waals surface area contributed by atoms with Gasteiger partial charge in [0.15, 0.2) is 0 Å². The first-order chi connectivity index (χ1) is 11.7. The summed E-state index contributed by atoms with van der Waals surface area (Å²) in [5.74, 6) is 0.370. The number of anilines is 2. The van der Waals surface area contributed by atoms with Gasteiger partial charge in [0.1, 0.15) is 5.75 Å². The van der Waals surface area contributed by atoms with Crippen LogP contribution in [0, 0.1) is 0 Å². The lowest BCUT2D eigenvalue weighted by molar-refractivity contribution is 0.102. The Bertz CT molecular complexity index is 730. The molecule has 1 aliphatic rings. The summed E-state index contributed by atoms with van der Waals surface area (Å²) < 4.78 is 10.7. The van der Waals surface area contributed by atoms with E-state index in [4.69, 9.17) is 21.1 Å². The number of rotatable bonds is 4. The third-order valence-electron chi connectivity index (χ3n) is 3.91. The van der Waals surface area contributed by atoms with Crippen LogP contribution in [-0.2, 0) is 4.74 Å². The van der Waals surface area contributed by atoms with E-state index in [2.05, 4.69) is 10.2 Å². The van der Waals surface area contributed by atoms with Gasteiger partial charge in [-0.05, 0) is 30.3 Å². The van der Waals surface area contributed by atoms with E-state index in [9.17, 15) is 4.79 Å². The van der Waals surface area contributed by atoms with Crippen LogP contribution >= 0.6 is 11.6 Å². The van der Waals surface area contributed by atoms with Crippen LogP contribution in [-0.4, -0.2) is 39.3 Å². The molecule has 24 heavy (non-hydrogen) atoms. The lowest BCUT2D eigenvalue weighted by Gasteiger charge is -2.30. The molecule has 1 heterocycles. The van der Waals surface area contributed by atoms with Crippen molar-refractivity contribution < 1.29 is 14.3 Å². The summed E-state index contributed by atoms with van der Waals surface area (Å²) in [5.41, 5.74) is 2.06. The predicted molar refractivity (Wildman–Crippen MR) is 95.4 cm³/mol. The maximum absolute atomic E-state index is 12.8. The van der Waals surface area contributed by atoms with Gasteiger partial charge in [-0.15, -0.1) is 0 Å². The van der Waals surface area contributed by atoms with Crippen molar-refractivity contribution in [1.82, 2.24) is 0 Å². The number of hydrogen-bond acceptors (Lipinski definition) is 4. The summed E-state index contributed by atoms with van der Waals surface area (Å²) in [5, 5.41) is 3.43. The largest absolute Gasteiger partial charge is 0.495 e. The second-order valence-electron chi connectivity index (χ2n) is 5.42. The first kappa shape index (κ1) is 16.6. The lowest BCUT2D eigenvalue weighted by Crippen LogP contribution is -2.37. The van der Waals surface area contributed by atoms with E-state index in [1.54, 1.807) is 25.3 Å². The molecule has 1 N–H and O–H groups in total. The van der Waals surface area contributed by atoms with Gasteiger partial charge in [0.25, 0.3) is 5.91 Å². The molecule has 5 nitrogen and oxygen atoms in total. The highest BCUT2D eigenvalue weighted by molar-refractivity contribution is 6.31. The third-order valence-corrected chi connectivity index (χ3v) is 4.15. The Balaban J connectivity index is 1.87. The van der Waals surface area contributed by atoms with Crippen molar-refractivity contribution in [2.45, 2.75) is 0 Å². The standard InChI is InChI=1S/C18H19ClN2O3/c1-23-17-7-6-13(19)12-15(17)20-18(22)14-4-2-3-5-16(14)21-8-10-24-11-9-21/h2-7,12H,8-11H2,1H3,(H,20,22). The number of hydrogen-bond donors (Lipinski definition) is 1. The van der Waals surface area contributed by atoms with Crippen LogP contribution in [0.5, 0.6) is 5.75 Å². The second-order valence-corrected chi connectivity index (χ2v) is 5.85. The average Bonchev–Trinajstić information content (AvgIpc) is 2.62. The second kappa shape index (κ2) is 7.55. The molecule has 2 aromatic rings. The number of nitrogens with one attached hydrogen (secondary N) is 1. The minimum absolute atomic E-state index is 0.197. The monoisotopic (exact) mass is 346 g/mol. The number of methoxy groups -OCH3 is 1. The molecule has 0 aromatic heterocycles. The van der Waals surface area contributed by atoms with E-state index in [-0.39, 0.29) is 5.91 Å². The fraction of sp³-hybridized carbons (Fsp3) is 0.278. The van der Waals surface area contributed by atoms with Crippen LogP contribution in [0.3, 0.4) is 0 Å². The van der Waals surface area contributed by atoms with Gasteiger partial charge in [0, 0.05) is 23.8 Å². The van der Waals surface area contributed by atoms with Crippen molar-refractivity contribution >= 4 is 28.9 Å². The number of carbonyl (C=O) groups is 1. The highest BCUT2D eigenvalue weighted by Gasteiger charge is 2.19. The van der Waals surface area contributed by atoms with Gasteiger partial charge in [-0.3, -0.25) is 4.79 Å². The maximum atomic E-state index is 12.8. The molecular formula is C18H19ClN2O3. The molecule has 3 rings (SSSR count). The molecule has 0 bridgehead atoms. The third kappa shape index (κ3) is 3.63. The SMILES string of the molecule is COc1ccc(Cl)cc1NC(=O)c1ccccc1N1CCOCC1. The number of halogens is 1. The molecule has 0 aliphatic carbocycles. The Labute approximate surface area is 146 Å². The zero-order valence-corrected chi connectivity index (χ0v) is 14.2. The molecule has 0 saturated carbocycles. The molecule has 0 unspecified atom stereocenters. The predicted octanol–water partition coefficient (Wildman–Crippen LogP) is 3.44. The van der Waals surface area contributed by atoms with Crippen LogP contribution < -0.4 is 15.0 Å². The minimum atomic E-state index is -0.197. The maximum Gasteiger partial charge on any atom is 0.257 e. The number of ether oxygens (including phenoxy) is 2. The molecule has 1 amide bonds. The highest BCUT2D eigenvalue weighted by Crippen LogP contribution is 2.29. The number of benzene rings is 2. The fourth-order valence-electron chi connectivity index (χ4n) is 2.71. The van der Waals surface area contributed by atoms with Gasteiger partial charge in [0.05, 0.1) is 31.6 Å². The summed E-state index contributed by atoms with van der Waals surface area (Å²) >= 11 is 6.03. The zero-order chi connectivity index (χ0) is 16.9. The molecule has 1 fully saturated rings. The molecule has 6 heteroatoms. The van der Waals surface area contributed by atoms with E-state index < -0.39 is 0 Å². The molecule has 2 aromatic carbocycles. The van der Waals surface area contributed by atoms with Gasteiger partial charge in [-0.1, -0.05) is 23.7 Å². The molecular weight excluding hydrogens is 328 g/mol. The molecule has 1 aliphatic heterocycles. The van der Waals surface area contributed by atoms with Crippen molar-refractivity contribution in [3.8, 4) is 5.75 Å². The average molecular weight is 347 g/mol. The summed E-state index contributed by atoms with van der Waals surface area (Å²) in [6.45, 7) is 2.87. The normalized spacial score (nSPS) is 14.3. The van der Waals surface area contributed by atoms with Crippen LogP contribution in [0.4, 0.5) is 11.4 Å². The Hall–Kier alpha value is -2.24. The van der Waals surface area contributed by atoms with E-state index in [0.29, 0.717) is 35.2 Å². The van der Waals surface area contributed by atoms with Crippen LogP contribution in [0.25, 0.3) is 0 Å². The first-order valence-corrected chi connectivity index (χ1v) is 8.13. The van der Waals surface area contributed by atoms with Crippen molar-refractivity contribution in [3.63, 3.8) is 0 Å². The topological polar surface area (TPSA) is 50.8 Å². The number of nitrogens with zero attached hydrogens (tertiary/aromatic N) is 1. The highest BCUT2D eigenvalue weighted by atomic mass is 35.5. The Kier molecular flexibility index (Phi) is 5.23. The Morgan fingerprint density at radius 3 is 2.71 bits per heavy atom. The number of amides is 1. The van der Waals surface area contributed by atoms with E-state index in [1.165, 1.54) is 0 Å². The van der Waals surface area contributed by atoms with Crippen LogP contribution in [0.1, 0.15) is 10.4 Å². The van der Waals surface area contributed by atoms with E-state index in [1.807, 2.05) is 24.3 Å². The lowest BCUT2D eigenvalue weighted by atomic mass is 10.1. The molecule has 1 saturated heterocycles. The Morgan fingerprint density at radius 1 is 1.21 bits per heavy atom. The van der Waals surface area contributed by atoms with Gasteiger partial charge >= 0.3 is 0 Å². The fourth-order valence-corrected chi connectivity index (χ4v) is 2.89. The van der Waals surface area contributed by atoms with Crippen LogP contribution in [0.2, 0.25) is 5.02 Å². The zero-order valence-electron chi connectivity index (χ0n) is 13.4. The van der Waals surface area contributed by atoms with Gasteiger partial charge in [-0.2, -0.15) is 0 Å². The van der Waals surface area contributed by atoms with Crippen molar-refractivity contribution in [1.29, 1.82) is 0 Å². The van der Waals surface area contributed by atoms with E-state index >= 15 is 0 Å². The first-order valence-electron chi connectivity index (χ1n) is 7.75. The van der Waals surface area contributed by atoms with Gasteiger partial charge in [-0.25, -0.2) is 0 Å². The number of para-hydroxylation sites is 1. The van der Waals surface area contributed by atoms with Crippen molar-refractivity contribution in [2.75, 3.05) is 43.6 Å². The molecule has 126 valence electrons. The Morgan fingerprint density at radius 2 is 1.96 bits per heavy atom. The summed E-state index contributed by atoms with van der Waals surface area (Å²) in [7, 11) is 1.56. The molecule has 0 spiro atoms. The van der Waals surface area contributed by atoms with Crippen LogP contribution in [0.15, 0.2) is 42.5 Å². The quantitative estimate of drug-likeness (QED) is 0.921. The van der Waals surface area contributed by atoms with Crippen molar-refractivity contribution in [3.05, 3.63) is 53.1 Å². The molecule has 0 radical (unpaired) electrons. The minimum Gasteiger partial charge on any atom is -0.495 e. The molecule has 0 atom stereocenters.